The van der Waals surface area contributed by atoms with Gasteiger partial charge in [-0.05, 0) is 17.7 Å². The van der Waals surface area contributed by atoms with Gasteiger partial charge in [-0.1, -0.05) is 23.7 Å². The number of halogens is 1. The van der Waals surface area contributed by atoms with Crippen LogP contribution in [0.1, 0.15) is 5.56 Å². The van der Waals surface area contributed by atoms with Crippen molar-refractivity contribution in [1.29, 1.82) is 0 Å². The highest BCUT2D eigenvalue weighted by molar-refractivity contribution is 6.30. The first kappa shape index (κ1) is 11.8. The molecule has 3 N–H and O–H groups in total. The number of benzene rings is 1. The van der Waals surface area contributed by atoms with E-state index in [1.807, 2.05) is 24.3 Å². The standard InChI is InChI=1S/C10H13ClN2O2/c11-9-3-1-2-8(6-9)7-13-4-5-15-10(12)14/h1-3,6,13H,4-5,7H2,(H2,12,14). The third-order valence-corrected chi connectivity index (χ3v) is 1.98. The number of hydrogen-bond acceptors (Lipinski definition) is 3. The highest BCUT2D eigenvalue weighted by atomic mass is 35.5. The number of nitrogens with two attached hydrogens (primary N) is 1. The molecule has 0 aliphatic carbocycles. The van der Waals surface area contributed by atoms with Crippen molar-refractivity contribution in [1.82, 2.24) is 5.32 Å². The predicted molar refractivity (Wildman–Crippen MR) is 58.7 cm³/mol. The molecule has 0 radical (unpaired) electrons. The van der Waals surface area contributed by atoms with E-state index in [9.17, 15) is 4.79 Å². The van der Waals surface area contributed by atoms with E-state index in [0.717, 1.165) is 5.56 Å². The van der Waals surface area contributed by atoms with Gasteiger partial charge in [0.25, 0.3) is 0 Å². The maximum atomic E-state index is 10.2. The number of carbonyl (C=O) groups is 1. The fourth-order valence-electron chi connectivity index (χ4n) is 1.10. The summed E-state index contributed by atoms with van der Waals surface area (Å²) >= 11 is 5.81. The molecule has 0 aliphatic heterocycles. The van der Waals surface area contributed by atoms with Crippen molar-refractivity contribution in [2.45, 2.75) is 6.54 Å². The lowest BCUT2D eigenvalue weighted by atomic mass is 10.2. The Bertz CT molecular complexity index is 331. The second-order valence-electron chi connectivity index (χ2n) is 2.97. The molecule has 0 heterocycles. The van der Waals surface area contributed by atoms with Crippen LogP contribution < -0.4 is 11.1 Å². The fourth-order valence-corrected chi connectivity index (χ4v) is 1.32. The molecule has 15 heavy (non-hydrogen) atoms. The smallest absolute Gasteiger partial charge is 0.404 e. The van der Waals surface area contributed by atoms with Gasteiger partial charge in [-0.2, -0.15) is 0 Å². The Kier molecular flexibility index (Phi) is 4.93. The summed E-state index contributed by atoms with van der Waals surface area (Å²) in [6.45, 7) is 1.52. The van der Waals surface area contributed by atoms with Gasteiger partial charge < -0.3 is 15.8 Å². The molecule has 0 spiro atoms. The third kappa shape index (κ3) is 5.24. The summed E-state index contributed by atoms with van der Waals surface area (Å²) < 4.78 is 4.55. The predicted octanol–water partition coefficient (Wildman–Crippen LogP) is 1.52. The first-order valence-electron chi connectivity index (χ1n) is 4.56. The van der Waals surface area contributed by atoms with Crippen LogP contribution in [0.5, 0.6) is 0 Å². The molecule has 1 rings (SSSR count). The number of primary amides is 1. The molecular weight excluding hydrogens is 216 g/mol. The van der Waals surface area contributed by atoms with E-state index in [1.165, 1.54) is 0 Å². The summed E-state index contributed by atoms with van der Waals surface area (Å²) in [5.41, 5.74) is 5.88. The molecule has 0 atom stereocenters. The minimum absolute atomic E-state index is 0.274. The van der Waals surface area contributed by atoms with Crippen LogP contribution in [0.4, 0.5) is 4.79 Å². The van der Waals surface area contributed by atoms with Gasteiger partial charge in [-0.15, -0.1) is 0 Å². The van der Waals surface area contributed by atoms with Crippen molar-refractivity contribution in [3.63, 3.8) is 0 Å². The van der Waals surface area contributed by atoms with Crippen LogP contribution >= 0.6 is 11.6 Å². The van der Waals surface area contributed by atoms with E-state index in [1.54, 1.807) is 0 Å². The first-order valence-corrected chi connectivity index (χ1v) is 4.93. The maximum absolute atomic E-state index is 10.2. The molecule has 4 nitrogen and oxygen atoms in total. The lowest BCUT2D eigenvalue weighted by Crippen LogP contribution is -2.23. The van der Waals surface area contributed by atoms with Crippen LogP contribution in [0.15, 0.2) is 24.3 Å². The number of ether oxygens (including phenoxy) is 1. The number of hydrogen-bond donors (Lipinski definition) is 2. The highest BCUT2D eigenvalue weighted by Gasteiger charge is 1.95. The molecular formula is C10H13ClN2O2. The molecule has 1 aromatic rings. The van der Waals surface area contributed by atoms with Crippen molar-refractivity contribution in [2.75, 3.05) is 13.2 Å². The Morgan fingerprint density at radius 2 is 2.33 bits per heavy atom. The Morgan fingerprint density at radius 1 is 1.53 bits per heavy atom. The van der Waals surface area contributed by atoms with Crippen LogP contribution in [0.25, 0.3) is 0 Å². The zero-order valence-corrected chi connectivity index (χ0v) is 8.96. The third-order valence-electron chi connectivity index (χ3n) is 1.74. The van der Waals surface area contributed by atoms with Gasteiger partial charge in [0.2, 0.25) is 0 Å². The second-order valence-corrected chi connectivity index (χ2v) is 3.41. The summed E-state index contributed by atoms with van der Waals surface area (Å²) in [6, 6.07) is 7.55. The van der Waals surface area contributed by atoms with E-state index < -0.39 is 6.09 Å². The van der Waals surface area contributed by atoms with Crippen molar-refractivity contribution in [3.8, 4) is 0 Å². The Hall–Kier alpha value is -1.26. The molecule has 0 aromatic heterocycles. The van der Waals surface area contributed by atoms with Crippen molar-refractivity contribution in [3.05, 3.63) is 34.9 Å². The largest absolute Gasteiger partial charge is 0.448 e. The van der Waals surface area contributed by atoms with Crippen LogP contribution in [0.2, 0.25) is 5.02 Å². The molecule has 0 aliphatic rings. The Morgan fingerprint density at radius 3 is 3.00 bits per heavy atom. The SMILES string of the molecule is NC(=O)OCCNCc1cccc(Cl)c1. The minimum atomic E-state index is -0.750. The van der Waals surface area contributed by atoms with E-state index in [4.69, 9.17) is 17.3 Å². The van der Waals surface area contributed by atoms with Gasteiger partial charge in [-0.25, -0.2) is 4.79 Å². The van der Waals surface area contributed by atoms with Gasteiger partial charge in [-0.3, -0.25) is 0 Å². The topological polar surface area (TPSA) is 64.4 Å². The van der Waals surface area contributed by atoms with E-state index in [0.29, 0.717) is 18.1 Å². The van der Waals surface area contributed by atoms with Crippen molar-refractivity contribution >= 4 is 17.7 Å². The maximum Gasteiger partial charge on any atom is 0.404 e. The van der Waals surface area contributed by atoms with Gasteiger partial charge in [0.05, 0.1) is 0 Å². The van der Waals surface area contributed by atoms with Gasteiger partial charge in [0.15, 0.2) is 0 Å². The summed E-state index contributed by atoms with van der Waals surface area (Å²) in [6.07, 6.45) is -0.750. The second kappa shape index (κ2) is 6.27. The minimum Gasteiger partial charge on any atom is -0.448 e. The lowest BCUT2D eigenvalue weighted by Gasteiger charge is -2.05. The number of nitrogens with one attached hydrogen (secondary N) is 1. The molecule has 1 amide bonds. The van der Waals surface area contributed by atoms with Crippen LogP contribution in [-0.2, 0) is 11.3 Å². The molecule has 0 fully saturated rings. The molecule has 0 saturated heterocycles. The van der Waals surface area contributed by atoms with E-state index >= 15 is 0 Å². The van der Waals surface area contributed by atoms with E-state index in [2.05, 4.69) is 10.1 Å². The van der Waals surface area contributed by atoms with Crippen LogP contribution in [0, 0.1) is 0 Å². The summed E-state index contributed by atoms with van der Waals surface area (Å²) in [4.78, 5) is 10.2. The normalized spacial score (nSPS) is 9.93. The summed E-state index contributed by atoms with van der Waals surface area (Å²) in [5, 5.41) is 3.80. The van der Waals surface area contributed by atoms with Crippen LogP contribution in [-0.4, -0.2) is 19.2 Å². The van der Waals surface area contributed by atoms with Gasteiger partial charge >= 0.3 is 6.09 Å². The molecule has 82 valence electrons. The zero-order chi connectivity index (χ0) is 11.1. The van der Waals surface area contributed by atoms with Crippen molar-refractivity contribution in [2.24, 2.45) is 5.73 Å². The molecule has 0 saturated carbocycles. The van der Waals surface area contributed by atoms with Gasteiger partial charge in [0.1, 0.15) is 6.61 Å². The number of rotatable bonds is 5. The Balaban J connectivity index is 2.17. The lowest BCUT2D eigenvalue weighted by molar-refractivity contribution is 0.157. The van der Waals surface area contributed by atoms with Gasteiger partial charge in [0, 0.05) is 18.1 Å². The number of amides is 1. The molecule has 0 unspecified atom stereocenters. The number of carbonyl (C=O) groups excluding carboxylic acids is 1. The summed E-state index contributed by atoms with van der Waals surface area (Å²) in [7, 11) is 0. The zero-order valence-electron chi connectivity index (χ0n) is 8.20. The molecule has 5 heteroatoms. The quantitative estimate of drug-likeness (QED) is 0.752. The average molecular weight is 229 g/mol. The Labute approximate surface area is 93.4 Å². The molecule has 0 bridgehead atoms. The van der Waals surface area contributed by atoms with E-state index in [-0.39, 0.29) is 6.61 Å². The first-order chi connectivity index (χ1) is 7.18. The van der Waals surface area contributed by atoms with Crippen molar-refractivity contribution < 1.29 is 9.53 Å². The monoisotopic (exact) mass is 228 g/mol. The molecule has 1 aromatic carbocycles. The average Bonchev–Trinajstić information content (AvgIpc) is 2.17. The summed E-state index contributed by atoms with van der Waals surface area (Å²) in [5.74, 6) is 0. The fraction of sp³-hybridized carbons (Fsp3) is 0.300. The van der Waals surface area contributed by atoms with Crippen LogP contribution in [0.3, 0.4) is 0 Å². The highest BCUT2D eigenvalue weighted by Crippen LogP contribution is 2.09.